The largest absolute Gasteiger partial charge is 0.489 e. The summed E-state index contributed by atoms with van der Waals surface area (Å²) in [6, 6.07) is 21.6. The maximum absolute atomic E-state index is 6.16. The molecule has 0 unspecified atom stereocenters. The second kappa shape index (κ2) is 8.28. The lowest BCUT2D eigenvalue weighted by Gasteiger charge is -2.14. The van der Waals surface area contributed by atoms with Crippen LogP contribution in [0.15, 0.2) is 66.7 Å². The minimum Gasteiger partial charge on any atom is -0.489 e. The van der Waals surface area contributed by atoms with E-state index in [0.29, 0.717) is 23.2 Å². The molecule has 0 saturated heterocycles. The molecule has 0 bridgehead atoms. The molecule has 3 aromatic rings. The monoisotopic (exact) mass is 371 g/mol. The lowest BCUT2D eigenvalue weighted by atomic mass is 10.1. The molecule has 0 aliphatic rings. The first kappa shape index (κ1) is 17.7. The molecule has 0 amide bonds. The second-order valence-electron chi connectivity index (χ2n) is 5.89. The first-order chi connectivity index (χ1) is 12.1. The van der Waals surface area contributed by atoms with Crippen molar-refractivity contribution in [1.82, 2.24) is 0 Å². The second-order valence-corrected chi connectivity index (χ2v) is 6.77. The van der Waals surface area contributed by atoms with Crippen molar-refractivity contribution in [2.45, 2.75) is 20.1 Å². The molecule has 0 aliphatic carbocycles. The summed E-state index contributed by atoms with van der Waals surface area (Å²) in [5.74, 6) is 0.810. The van der Waals surface area contributed by atoms with Gasteiger partial charge in [-0.1, -0.05) is 47.5 Å². The predicted molar refractivity (Wildman–Crippen MR) is 106 cm³/mol. The van der Waals surface area contributed by atoms with Crippen molar-refractivity contribution in [2.24, 2.45) is 0 Å². The van der Waals surface area contributed by atoms with E-state index in [1.54, 1.807) is 0 Å². The van der Waals surface area contributed by atoms with Crippen molar-refractivity contribution in [2.75, 3.05) is 5.32 Å². The van der Waals surface area contributed by atoms with Gasteiger partial charge in [-0.05, 0) is 60.5 Å². The smallest absolute Gasteiger partial charge is 0.124 e. The highest BCUT2D eigenvalue weighted by Crippen LogP contribution is 2.25. The van der Waals surface area contributed by atoms with E-state index in [-0.39, 0.29) is 0 Å². The van der Waals surface area contributed by atoms with Crippen LogP contribution in [0, 0.1) is 6.92 Å². The summed E-state index contributed by atoms with van der Waals surface area (Å²) in [6.07, 6.45) is 0. The highest BCUT2D eigenvalue weighted by molar-refractivity contribution is 6.30. The average molecular weight is 372 g/mol. The highest BCUT2D eigenvalue weighted by Gasteiger charge is 2.06. The van der Waals surface area contributed by atoms with E-state index in [1.165, 1.54) is 5.56 Å². The van der Waals surface area contributed by atoms with Crippen LogP contribution in [-0.2, 0) is 13.2 Å². The van der Waals surface area contributed by atoms with Gasteiger partial charge in [-0.25, -0.2) is 0 Å². The fourth-order valence-electron chi connectivity index (χ4n) is 2.57. The fourth-order valence-corrected chi connectivity index (χ4v) is 2.97. The Morgan fingerprint density at radius 1 is 0.880 bits per heavy atom. The van der Waals surface area contributed by atoms with Crippen LogP contribution in [0.25, 0.3) is 0 Å². The van der Waals surface area contributed by atoms with Crippen LogP contribution in [0.1, 0.15) is 16.7 Å². The summed E-state index contributed by atoms with van der Waals surface area (Å²) in [6.45, 7) is 3.17. The van der Waals surface area contributed by atoms with Gasteiger partial charge in [0.1, 0.15) is 12.4 Å². The van der Waals surface area contributed by atoms with E-state index in [9.17, 15) is 0 Å². The van der Waals surface area contributed by atoms with Crippen LogP contribution >= 0.6 is 23.2 Å². The first-order valence-corrected chi connectivity index (χ1v) is 8.82. The van der Waals surface area contributed by atoms with Gasteiger partial charge >= 0.3 is 0 Å². The summed E-state index contributed by atoms with van der Waals surface area (Å²) < 4.78 is 5.99. The molecule has 0 radical (unpaired) electrons. The number of benzene rings is 3. The number of halogens is 2. The Bertz CT molecular complexity index is 864. The molecule has 0 aliphatic heterocycles. The summed E-state index contributed by atoms with van der Waals surface area (Å²) in [5.41, 5.74) is 4.32. The van der Waals surface area contributed by atoms with E-state index in [4.69, 9.17) is 27.9 Å². The van der Waals surface area contributed by atoms with Crippen LogP contribution in [0.4, 0.5) is 5.69 Å². The van der Waals surface area contributed by atoms with Crippen molar-refractivity contribution < 1.29 is 4.74 Å². The maximum Gasteiger partial charge on any atom is 0.124 e. The molecule has 2 nitrogen and oxygen atoms in total. The van der Waals surface area contributed by atoms with Crippen molar-refractivity contribution >= 4 is 28.9 Å². The van der Waals surface area contributed by atoms with Gasteiger partial charge in [-0.2, -0.15) is 0 Å². The normalized spacial score (nSPS) is 10.5. The zero-order valence-electron chi connectivity index (χ0n) is 13.9. The summed E-state index contributed by atoms with van der Waals surface area (Å²) in [7, 11) is 0. The summed E-state index contributed by atoms with van der Waals surface area (Å²) in [4.78, 5) is 0. The lowest BCUT2D eigenvalue weighted by Crippen LogP contribution is -2.04. The molecule has 0 fully saturated rings. The van der Waals surface area contributed by atoms with Gasteiger partial charge in [0.25, 0.3) is 0 Å². The minimum absolute atomic E-state index is 0.458. The van der Waals surface area contributed by atoms with Gasteiger partial charge in [-0.15, -0.1) is 0 Å². The number of anilines is 1. The zero-order chi connectivity index (χ0) is 17.6. The number of hydrogen-bond donors (Lipinski definition) is 1. The van der Waals surface area contributed by atoms with E-state index < -0.39 is 0 Å². The molecule has 0 heterocycles. The number of ether oxygens (including phenoxy) is 1. The van der Waals surface area contributed by atoms with E-state index in [2.05, 4.69) is 24.4 Å². The fraction of sp³-hybridized carbons (Fsp3) is 0.143. The van der Waals surface area contributed by atoms with E-state index >= 15 is 0 Å². The quantitative estimate of drug-likeness (QED) is 0.534. The van der Waals surface area contributed by atoms with E-state index in [0.717, 1.165) is 22.6 Å². The molecular formula is C21H19Cl2NO. The molecule has 3 aromatic carbocycles. The number of hydrogen-bond acceptors (Lipinski definition) is 2. The van der Waals surface area contributed by atoms with Crippen LogP contribution < -0.4 is 10.1 Å². The van der Waals surface area contributed by atoms with Crippen LogP contribution in [-0.4, -0.2) is 0 Å². The topological polar surface area (TPSA) is 21.3 Å². The van der Waals surface area contributed by atoms with Gasteiger partial charge in [0.05, 0.1) is 0 Å². The third kappa shape index (κ3) is 5.15. The van der Waals surface area contributed by atoms with Crippen molar-refractivity contribution in [3.05, 3.63) is 93.5 Å². The van der Waals surface area contributed by atoms with Gasteiger partial charge in [-0.3, -0.25) is 0 Å². The van der Waals surface area contributed by atoms with Crippen LogP contribution in [0.3, 0.4) is 0 Å². The van der Waals surface area contributed by atoms with Crippen molar-refractivity contribution in [3.8, 4) is 5.75 Å². The van der Waals surface area contributed by atoms with E-state index in [1.807, 2.05) is 54.6 Å². The Labute approximate surface area is 158 Å². The Morgan fingerprint density at radius 3 is 2.48 bits per heavy atom. The zero-order valence-corrected chi connectivity index (χ0v) is 15.4. The molecule has 25 heavy (non-hydrogen) atoms. The minimum atomic E-state index is 0.458. The SMILES string of the molecule is Cc1cccc(NCc2cc(Cl)ccc2OCc2cccc(Cl)c2)c1. The van der Waals surface area contributed by atoms with Gasteiger partial charge in [0.15, 0.2) is 0 Å². The van der Waals surface area contributed by atoms with Crippen LogP contribution in [0.2, 0.25) is 10.0 Å². The van der Waals surface area contributed by atoms with Gasteiger partial charge in [0.2, 0.25) is 0 Å². The van der Waals surface area contributed by atoms with Gasteiger partial charge in [0, 0.05) is 27.8 Å². The Hall–Kier alpha value is -2.16. The molecule has 4 heteroatoms. The highest BCUT2D eigenvalue weighted by atomic mass is 35.5. The first-order valence-electron chi connectivity index (χ1n) is 8.06. The molecule has 128 valence electrons. The molecule has 0 atom stereocenters. The van der Waals surface area contributed by atoms with Crippen molar-refractivity contribution in [1.29, 1.82) is 0 Å². The molecular weight excluding hydrogens is 353 g/mol. The molecule has 0 spiro atoms. The number of nitrogens with one attached hydrogen (secondary N) is 1. The lowest BCUT2D eigenvalue weighted by molar-refractivity contribution is 0.303. The van der Waals surface area contributed by atoms with Crippen molar-refractivity contribution in [3.63, 3.8) is 0 Å². The summed E-state index contributed by atoms with van der Waals surface area (Å²) >= 11 is 12.2. The number of rotatable bonds is 6. The molecule has 0 saturated carbocycles. The molecule has 3 rings (SSSR count). The summed E-state index contributed by atoms with van der Waals surface area (Å²) in [5, 5.41) is 4.81. The van der Waals surface area contributed by atoms with Gasteiger partial charge < -0.3 is 10.1 Å². The average Bonchev–Trinajstić information content (AvgIpc) is 2.59. The molecule has 1 N–H and O–H groups in total. The predicted octanol–water partition coefficient (Wildman–Crippen LogP) is 6.49. The molecule has 0 aromatic heterocycles. The Balaban J connectivity index is 1.71. The Kier molecular flexibility index (Phi) is 5.85. The standard InChI is InChI=1S/C21H19Cl2NO/c1-15-4-2-7-20(10-15)24-13-17-12-19(23)8-9-21(17)25-14-16-5-3-6-18(22)11-16/h2-12,24H,13-14H2,1H3. The number of aryl methyl sites for hydroxylation is 1. The van der Waals surface area contributed by atoms with Crippen LogP contribution in [0.5, 0.6) is 5.75 Å². The maximum atomic E-state index is 6.16. The Morgan fingerprint density at radius 2 is 1.68 bits per heavy atom. The third-order valence-corrected chi connectivity index (χ3v) is 4.28. The third-order valence-electron chi connectivity index (χ3n) is 3.81.